The predicted molar refractivity (Wildman–Crippen MR) is 85.6 cm³/mol. The van der Waals surface area contributed by atoms with E-state index in [1.807, 2.05) is 19.1 Å². The summed E-state index contributed by atoms with van der Waals surface area (Å²) < 4.78 is 26.4. The summed E-state index contributed by atoms with van der Waals surface area (Å²) in [4.78, 5) is 4.05. The first kappa shape index (κ1) is 15.6. The maximum Gasteiger partial charge on any atom is 0.265 e. The van der Waals surface area contributed by atoms with Gasteiger partial charge in [0.05, 0.1) is 10.7 Å². The van der Waals surface area contributed by atoms with Crippen LogP contribution in [0.1, 0.15) is 5.56 Å². The average Bonchev–Trinajstić information content (AvgIpc) is 2.47. The maximum atomic E-state index is 12.6. The summed E-state index contributed by atoms with van der Waals surface area (Å²) in [6.07, 6.45) is 1.29. The third kappa shape index (κ3) is 3.11. The molecule has 1 N–H and O–H groups in total. The molecule has 0 fully saturated rings. The van der Waals surface area contributed by atoms with Crippen molar-refractivity contribution in [1.29, 1.82) is 0 Å². The molecule has 0 spiro atoms. The Morgan fingerprint density at radius 3 is 2.38 bits per heavy atom. The lowest BCUT2D eigenvalue weighted by Gasteiger charge is -2.19. The van der Waals surface area contributed by atoms with E-state index < -0.39 is 10.0 Å². The number of aryl methyl sites for hydroxylation is 1. The molecule has 1 aromatic heterocycles. The Morgan fingerprint density at radius 2 is 1.86 bits per heavy atom. The van der Waals surface area contributed by atoms with E-state index in [9.17, 15) is 8.42 Å². The second-order valence-electron chi connectivity index (χ2n) is 4.56. The van der Waals surface area contributed by atoms with Gasteiger partial charge in [0.25, 0.3) is 10.0 Å². The number of aromatic nitrogens is 1. The van der Waals surface area contributed by atoms with Gasteiger partial charge in [0.15, 0.2) is 0 Å². The molecule has 0 aliphatic carbocycles. The molecule has 21 heavy (non-hydrogen) atoms. The standard InChI is InChI=1S/C14H16ClN3O2S/c1-10-4-6-11(7-5-10)18(3)21(19,20)12-8-13(15)14(16-2)17-9-12/h4-9H,1-3H3,(H,16,17). The van der Waals surface area contributed by atoms with Crippen LogP contribution >= 0.6 is 11.6 Å². The first-order valence-corrected chi connectivity index (χ1v) is 8.07. The molecule has 1 aromatic carbocycles. The zero-order valence-electron chi connectivity index (χ0n) is 12.0. The smallest absolute Gasteiger partial charge is 0.265 e. The van der Waals surface area contributed by atoms with Crippen molar-refractivity contribution in [3.8, 4) is 0 Å². The predicted octanol–water partition coefficient (Wildman–Crippen LogP) is 2.91. The monoisotopic (exact) mass is 325 g/mol. The zero-order chi connectivity index (χ0) is 15.6. The highest BCUT2D eigenvalue weighted by atomic mass is 35.5. The van der Waals surface area contributed by atoms with Gasteiger partial charge < -0.3 is 5.32 Å². The van der Waals surface area contributed by atoms with Gasteiger partial charge in [-0.05, 0) is 25.1 Å². The van der Waals surface area contributed by atoms with E-state index in [1.54, 1.807) is 19.2 Å². The van der Waals surface area contributed by atoms with Gasteiger partial charge in [-0.2, -0.15) is 0 Å². The molecule has 0 saturated carbocycles. The number of benzene rings is 1. The minimum atomic E-state index is -3.69. The normalized spacial score (nSPS) is 11.2. The molecule has 1 heterocycles. The molecule has 7 heteroatoms. The summed E-state index contributed by atoms with van der Waals surface area (Å²) in [7, 11) is -0.526. The molecule has 0 amide bonds. The highest BCUT2D eigenvalue weighted by molar-refractivity contribution is 7.92. The second-order valence-corrected chi connectivity index (χ2v) is 6.94. The van der Waals surface area contributed by atoms with Gasteiger partial charge in [0.1, 0.15) is 10.7 Å². The lowest BCUT2D eigenvalue weighted by Crippen LogP contribution is -2.26. The molecule has 0 aliphatic rings. The van der Waals surface area contributed by atoms with Gasteiger partial charge in [-0.3, -0.25) is 4.31 Å². The van der Waals surface area contributed by atoms with E-state index >= 15 is 0 Å². The number of pyridine rings is 1. The van der Waals surface area contributed by atoms with E-state index in [-0.39, 0.29) is 9.92 Å². The number of sulfonamides is 1. The van der Waals surface area contributed by atoms with Crippen molar-refractivity contribution in [3.05, 3.63) is 47.1 Å². The van der Waals surface area contributed by atoms with Gasteiger partial charge in [-0.1, -0.05) is 29.3 Å². The Balaban J connectivity index is 2.41. The summed E-state index contributed by atoms with van der Waals surface area (Å²) in [5, 5.41) is 3.05. The van der Waals surface area contributed by atoms with Crippen molar-refractivity contribution in [1.82, 2.24) is 4.98 Å². The third-order valence-corrected chi connectivity index (χ3v) is 5.15. The van der Waals surface area contributed by atoms with Gasteiger partial charge in [-0.15, -0.1) is 0 Å². The van der Waals surface area contributed by atoms with E-state index in [1.165, 1.54) is 23.6 Å². The van der Waals surface area contributed by atoms with Crippen molar-refractivity contribution >= 4 is 33.1 Å². The summed E-state index contributed by atoms with van der Waals surface area (Å²) in [5.41, 5.74) is 1.64. The maximum absolute atomic E-state index is 12.6. The lowest BCUT2D eigenvalue weighted by atomic mass is 10.2. The van der Waals surface area contributed by atoms with Crippen LogP contribution in [0, 0.1) is 6.92 Å². The summed E-state index contributed by atoms with van der Waals surface area (Å²) >= 11 is 6.00. The molecule has 0 atom stereocenters. The van der Waals surface area contributed by atoms with Gasteiger partial charge in [0.2, 0.25) is 0 Å². The Morgan fingerprint density at radius 1 is 1.24 bits per heavy atom. The molecule has 0 aliphatic heterocycles. The van der Waals surface area contributed by atoms with Crippen LogP contribution in [0.3, 0.4) is 0 Å². The van der Waals surface area contributed by atoms with Crippen LogP contribution < -0.4 is 9.62 Å². The van der Waals surface area contributed by atoms with Crippen molar-refractivity contribution in [3.63, 3.8) is 0 Å². The van der Waals surface area contributed by atoms with Crippen molar-refractivity contribution in [2.24, 2.45) is 0 Å². The van der Waals surface area contributed by atoms with Crippen LogP contribution in [-0.2, 0) is 10.0 Å². The van der Waals surface area contributed by atoms with Crippen LogP contribution in [0.5, 0.6) is 0 Å². The molecule has 0 unspecified atom stereocenters. The Labute approximate surface area is 129 Å². The number of rotatable bonds is 4. The number of halogens is 1. The molecule has 2 rings (SSSR count). The number of anilines is 2. The van der Waals surface area contributed by atoms with Gasteiger partial charge >= 0.3 is 0 Å². The highest BCUT2D eigenvalue weighted by Gasteiger charge is 2.22. The molecule has 0 saturated heterocycles. The number of nitrogens with one attached hydrogen (secondary N) is 1. The second kappa shape index (κ2) is 5.91. The summed E-state index contributed by atoms with van der Waals surface area (Å²) in [6, 6.07) is 8.61. The molecule has 112 valence electrons. The largest absolute Gasteiger partial charge is 0.372 e. The lowest BCUT2D eigenvalue weighted by molar-refractivity contribution is 0.594. The molecule has 0 bridgehead atoms. The van der Waals surface area contributed by atoms with Gasteiger partial charge in [-0.25, -0.2) is 13.4 Å². The fraction of sp³-hybridized carbons (Fsp3) is 0.214. The number of nitrogens with zero attached hydrogens (tertiary/aromatic N) is 2. The van der Waals surface area contributed by atoms with Crippen LogP contribution in [0.25, 0.3) is 0 Å². The quantitative estimate of drug-likeness (QED) is 0.939. The first-order valence-electron chi connectivity index (χ1n) is 6.25. The van der Waals surface area contributed by atoms with Crippen LogP contribution in [0.15, 0.2) is 41.4 Å². The third-order valence-electron chi connectivity index (χ3n) is 3.11. The average molecular weight is 326 g/mol. The van der Waals surface area contributed by atoms with Crippen LogP contribution in [0.4, 0.5) is 11.5 Å². The SMILES string of the molecule is CNc1ncc(S(=O)(=O)N(C)c2ccc(C)cc2)cc1Cl. The molecule has 5 nitrogen and oxygen atoms in total. The molecule has 2 aromatic rings. The molecule has 0 radical (unpaired) electrons. The minimum absolute atomic E-state index is 0.0505. The Hall–Kier alpha value is -1.79. The van der Waals surface area contributed by atoms with Gasteiger partial charge in [0, 0.05) is 20.3 Å². The Kier molecular flexibility index (Phi) is 4.39. The summed E-state index contributed by atoms with van der Waals surface area (Å²) in [6.45, 7) is 1.94. The van der Waals surface area contributed by atoms with Crippen LogP contribution in [-0.4, -0.2) is 27.5 Å². The van der Waals surface area contributed by atoms with Crippen molar-refractivity contribution < 1.29 is 8.42 Å². The van der Waals surface area contributed by atoms with Crippen molar-refractivity contribution in [2.75, 3.05) is 23.7 Å². The van der Waals surface area contributed by atoms with E-state index in [0.717, 1.165) is 5.56 Å². The topological polar surface area (TPSA) is 62.3 Å². The van der Waals surface area contributed by atoms with E-state index in [0.29, 0.717) is 11.5 Å². The zero-order valence-corrected chi connectivity index (χ0v) is 13.5. The highest BCUT2D eigenvalue weighted by Crippen LogP contribution is 2.26. The number of hydrogen-bond donors (Lipinski definition) is 1. The van der Waals surface area contributed by atoms with E-state index in [2.05, 4.69) is 10.3 Å². The first-order chi connectivity index (χ1) is 9.86. The van der Waals surface area contributed by atoms with Crippen molar-refractivity contribution in [2.45, 2.75) is 11.8 Å². The molecular formula is C14H16ClN3O2S. The van der Waals surface area contributed by atoms with E-state index in [4.69, 9.17) is 11.6 Å². The Bertz CT molecular complexity index is 745. The van der Waals surface area contributed by atoms with Crippen LogP contribution in [0.2, 0.25) is 5.02 Å². The fourth-order valence-electron chi connectivity index (χ4n) is 1.80. The number of hydrogen-bond acceptors (Lipinski definition) is 4. The molecular weight excluding hydrogens is 310 g/mol. The minimum Gasteiger partial charge on any atom is -0.372 e. The fourth-order valence-corrected chi connectivity index (χ4v) is 3.29. The summed E-state index contributed by atoms with van der Waals surface area (Å²) in [5.74, 6) is 0.439.